The Hall–Kier alpha value is -2.11. The molecule has 6 heterocycles. The molecule has 2 atom stereocenters. The van der Waals surface area contributed by atoms with E-state index in [0.29, 0.717) is 49.1 Å². The van der Waals surface area contributed by atoms with Gasteiger partial charge in [-0.1, -0.05) is 23.2 Å². The Bertz CT molecular complexity index is 1320. The summed E-state index contributed by atoms with van der Waals surface area (Å²) in [6.45, 7) is 5.82. The van der Waals surface area contributed by atoms with Gasteiger partial charge in [-0.3, -0.25) is 0 Å². The zero-order valence-corrected chi connectivity index (χ0v) is 21.5. The molecule has 0 N–H and O–H groups in total. The third-order valence-corrected chi connectivity index (χ3v) is 8.92. The van der Waals surface area contributed by atoms with Crippen molar-refractivity contribution in [2.45, 2.75) is 75.8 Å². The molecule has 0 aromatic carbocycles. The van der Waals surface area contributed by atoms with Crippen LogP contribution < -0.4 is 0 Å². The summed E-state index contributed by atoms with van der Waals surface area (Å²) in [7, 11) is 2.16. The lowest BCUT2D eigenvalue weighted by Crippen LogP contribution is -2.58. The highest BCUT2D eigenvalue weighted by Gasteiger charge is 2.62. The van der Waals surface area contributed by atoms with Gasteiger partial charge in [0.25, 0.3) is 0 Å². The normalized spacial score (nSPS) is 28.0. The molecule has 2 spiro atoms. The average Bonchev–Trinajstić information content (AvgIpc) is 3.65. The molecule has 0 bridgehead atoms. The fraction of sp³-hybridized carbons (Fsp3) is 0.680. The summed E-state index contributed by atoms with van der Waals surface area (Å²) in [4.78, 5) is 12.0. The first-order valence-corrected chi connectivity index (χ1v) is 13.4. The van der Waals surface area contributed by atoms with E-state index >= 15 is 0 Å². The minimum atomic E-state index is -0.733. The Balaban J connectivity index is 1.33. The molecule has 2 unspecified atom stereocenters. The van der Waals surface area contributed by atoms with Gasteiger partial charge >= 0.3 is 0 Å². The topological polar surface area (TPSA) is 101 Å². The van der Waals surface area contributed by atoms with E-state index in [2.05, 4.69) is 22.1 Å². The molecule has 1 aliphatic carbocycles. The Kier molecular flexibility index (Phi) is 5.41. The van der Waals surface area contributed by atoms with Crippen LogP contribution >= 0.6 is 11.6 Å². The number of ether oxygens (including phenoxy) is 3. The number of hydrogen-bond donors (Lipinski definition) is 0. The van der Waals surface area contributed by atoms with Gasteiger partial charge in [0, 0.05) is 12.5 Å². The Labute approximate surface area is 214 Å². The zero-order chi connectivity index (χ0) is 24.5. The van der Waals surface area contributed by atoms with E-state index in [-0.39, 0.29) is 0 Å². The molecule has 11 heteroatoms. The van der Waals surface area contributed by atoms with Gasteiger partial charge in [-0.2, -0.15) is 5.10 Å². The molecular weight excluding hydrogens is 484 g/mol. The molecule has 4 aliphatic rings. The van der Waals surface area contributed by atoms with Crippen molar-refractivity contribution >= 4 is 22.6 Å². The largest absolute Gasteiger partial charge is 0.375 e. The van der Waals surface area contributed by atoms with Crippen LogP contribution in [-0.4, -0.2) is 75.0 Å². The van der Waals surface area contributed by atoms with Gasteiger partial charge in [0.05, 0.1) is 49.6 Å². The molecule has 36 heavy (non-hydrogen) atoms. The molecule has 1 saturated carbocycles. The highest BCUT2D eigenvalue weighted by atomic mass is 35.5. The van der Waals surface area contributed by atoms with Crippen LogP contribution in [0.25, 0.3) is 22.6 Å². The van der Waals surface area contributed by atoms with E-state index in [1.165, 1.54) is 6.42 Å². The molecule has 3 aromatic rings. The van der Waals surface area contributed by atoms with Crippen molar-refractivity contribution in [2.24, 2.45) is 0 Å². The molecule has 3 fully saturated rings. The van der Waals surface area contributed by atoms with Crippen molar-refractivity contribution in [3.63, 3.8) is 0 Å². The molecule has 3 aliphatic heterocycles. The van der Waals surface area contributed by atoms with E-state index in [0.717, 1.165) is 73.2 Å². The van der Waals surface area contributed by atoms with Gasteiger partial charge in [-0.15, -0.1) is 0 Å². The Morgan fingerprint density at radius 1 is 1.11 bits per heavy atom. The van der Waals surface area contributed by atoms with Crippen LogP contribution in [0.2, 0.25) is 5.15 Å². The lowest BCUT2D eigenvalue weighted by Gasteiger charge is -2.49. The van der Waals surface area contributed by atoms with E-state index in [9.17, 15) is 0 Å². The van der Waals surface area contributed by atoms with Crippen LogP contribution in [-0.2, 0) is 32.8 Å². The van der Waals surface area contributed by atoms with E-state index in [1.54, 1.807) is 0 Å². The first-order chi connectivity index (χ1) is 17.5. The maximum atomic E-state index is 6.72. The number of halogens is 1. The molecule has 0 amide bonds. The summed E-state index contributed by atoms with van der Waals surface area (Å²) < 4.78 is 26.7. The fourth-order valence-electron chi connectivity index (χ4n) is 6.79. The maximum absolute atomic E-state index is 6.72. The van der Waals surface area contributed by atoms with Gasteiger partial charge in [0.15, 0.2) is 28.7 Å². The van der Waals surface area contributed by atoms with Crippen LogP contribution in [0.1, 0.15) is 55.5 Å². The quantitative estimate of drug-likeness (QED) is 0.485. The van der Waals surface area contributed by atoms with Crippen molar-refractivity contribution in [3.8, 4) is 11.5 Å². The van der Waals surface area contributed by atoms with E-state index in [4.69, 9.17) is 40.4 Å². The number of aromatic nitrogens is 5. The predicted molar refractivity (Wildman–Crippen MR) is 131 cm³/mol. The molecule has 3 aromatic heterocycles. The second-order valence-electron chi connectivity index (χ2n) is 10.7. The van der Waals surface area contributed by atoms with Crippen molar-refractivity contribution in [1.29, 1.82) is 0 Å². The second kappa shape index (κ2) is 8.46. The summed E-state index contributed by atoms with van der Waals surface area (Å²) in [5.74, 6) is 0.475. The lowest BCUT2D eigenvalue weighted by molar-refractivity contribution is -0.248. The van der Waals surface area contributed by atoms with Crippen LogP contribution in [0.15, 0.2) is 4.52 Å². The minimum absolute atomic E-state index is 0.371. The van der Waals surface area contributed by atoms with Gasteiger partial charge in [-0.05, 0) is 46.2 Å². The van der Waals surface area contributed by atoms with E-state index < -0.39 is 11.2 Å². The number of rotatable bonds is 3. The second-order valence-corrected chi connectivity index (χ2v) is 11.0. The van der Waals surface area contributed by atoms with Crippen molar-refractivity contribution in [1.82, 2.24) is 29.8 Å². The molecule has 2 saturated heterocycles. The predicted octanol–water partition coefficient (Wildman–Crippen LogP) is 3.62. The monoisotopic (exact) mass is 514 g/mol. The number of likely N-dealkylation sites (N-methyl/N-ethyl adjacent to an activating group) is 1. The minimum Gasteiger partial charge on any atom is -0.375 e. The van der Waals surface area contributed by atoms with Crippen molar-refractivity contribution in [2.75, 3.05) is 33.4 Å². The summed E-state index contributed by atoms with van der Waals surface area (Å²) in [5.41, 5.74) is 2.44. The first-order valence-electron chi connectivity index (χ1n) is 13.0. The highest BCUT2D eigenvalue weighted by Crippen LogP contribution is 2.54. The Morgan fingerprint density at radius 3 is 2.75 bits per heavy atom. The number of hydrogen-bond acceptors (Lipinski definition) is 9. The van der Waals surface area contributed by atoms with Crippen LogP contribution in [0.3, 0.4) is 0 Å². The SMILES string of the molecule is Cc1nn(CC2CCCN2C)c2nc(-c3noc4c3COCC43CCCCC34OCCO4)nc(Cl)c12. The third kappa shape index (κ3) is 3.24. The number of nitrogens with zero attached hydrogens (tertiary/aromatic N) is 6. The van der Waals surface area contributed by atoms with Crippen LogP contribution in [0.5, 0.6) is 0 Å². The van der Waals surface area contributed by atoms with Crippen molar-refractivity contribution in [3.05, 3.63) is 22.2 Å². The van der Waals surface area contributed by atoms with Gasteiger partial charge in [-0.25, -0.2) is 14.6 Å². The summed E-state index contributed by atoms with van der Waals surface area (Å²) in [6.07, 6.45) is 6.11. The van der Waals surface area contributed by atoms with Gasteiger partial charge in [0.1, 0.15) is 10.6 Å². The molecule has 192 valence electrons. The third-order valence-electron chi connectivity index (χ3n) is 8.65. The zero-order valence-electron chi connectivity index (χ0n) is 20.8. The molecule has 0 radical (unpaired) electrons. The summed E-state index contributed by atoms with van der Waals surface area (Å²) >= 11 is 6.72. The molecule has 7 rings (SSSR count). The van der Waals surface area contributed by atoms with Crippen molar-refractivity contribution < 1.29 is 18.7 Å². The lowest BCUT2D eigenvalue weighted by atomic mass is 9.66. The van der Waals surface area contributed by atoms with Gasteiger partial charge < -0.3 is 23.6 Å². The summed E-state index contributed by atoms with van der Waals surface area (Å²) in [6, 6.07) is 0.423. The van der Waals surface area contributed by atoms with Gasteiger partial charge in [0.2, 0.25) is 0 Å². The number of likely N-dealkylation sites (tertiary alicyclic amines) is 1. The van der Waals surface area contributed by atoms with E-state index in [1.807, 2.05) is 11.6 Å². The fourth-order valence-corrected chi connectivity index (χ4v) is 7.09. The number of fused-ring (bicyclic) bond motifs is 4. The first kappa shape index (κ1) is 23.0. The Morgan fingerprint density at radius 2 is 1.94 bits per heavy atom. The molecular formula is C25H31ClN6O4. The standard InChI is InChI=1S/C25H31ClN6O4/c1-15-18-21(26)27-22(28-23(18)32(29-15)12-16-6-5-9-31(16)2)19-17-13-33-14-24(20(17)36-30-19)7-3-4-8-25(24)34-10-11-35-25/h16H,3-14H2,1-2H3. The average molecular weight is 515 g/mol. The smallest absolute Gasteiger partial charge is 0.185 e. The maximum Gasteiger partial charge on any atom is 0.185 e. The molecule has 10 nitrogen and oxygen atoms in total. The highest BCUT2D eigenvalue weighted by molar-refractivity contribution is 6.34. The number of aryl methyl sites for hydroxylation is 1. The summed E-state index contributed by atoms with van der Waals surface area (Å²) in [5, 5.41) is 10.4. The van der Waals surface area contributed by atoms with Crippen LogP contribution in [0, 0.1) is 6.92 Å². The van der Waals surface area contributed by atoms with Crippen LogP contribution in [0.4, 0.5) is 0 Å².